The first-order valence-corrected chi connectivity index (χ1v) is 11.3. The van der Waals surface area contributed by atoms with Gasteiger partial charge in [-0.05, 0) is 31.0 Å². The summed E-state index contributed by atoms with van der Waals surface area (Å²) < 4.78 is 69.3. The van der Waals surface area contributed by atoms with E-state index in [1.54, 1.807) is 0 Å². The van der Waals surface area contributed by atoms with Gasteiger partial charge in [0, 0.05) is 23.7 Å². The Morgan fingerprint density at radius 2 is 1.67 bits per heavy atom. The van der Waals surface area contributed by atoms with Gasteiger partial charge in [-0.1, -0.05) is 34.8 Å². The predicted molar refractivity (Wildman–Crippen MR) is 121 cm³/mol. The molecule has 1 fully saturated rings. The molecule has 1 heterocycles. The van der Waals surface area contributed by atoms with Gasteiger partial charge in [0.1, 0.15) is 10.8 Å². The molecular weight excluding hydrogens is 556 g/mol. The second-order valence-electron chi connectivity index (χ2n) is 7.96. The Kier molecular flexibility index (Phi) is 6.93. The highest BCUT2D eigenvalue weighted by Gasteiger charge is 2.45. The van der Waals surface area contributed by atoms with Crippen molar-refractivity contribution in [1.29, 1.82) is 0 Å². The Morgan fingerprint density at radius 3 is 2.28 bits per heavy atom. The molecule has 4 rings (SSSR count). The smallest absolute Gasteiger partial charge is 0.412 e. The lowest BCUT2D eigenvalue weighted by molar-refractivity contribution is -0.579. The van der Waals surface area contributed by atoms with Crippen LogP contribution < -0.4 is 15.4 Å². The minimum Gasteiger partial charge on any atom is -0.618 e. The first kappa shape index (κ1) is 26.2. The van der Waals surface area contributed by atoms with Crippen LogP contribution in [0, 0.1) is 16.8 Å². The number of hydrogen-bond donors (Lipinski definition) is 2. The summed E-state index contributed by atoms with van der Waals surface area (Å²) in [6.07, 6.45) is -3.62. The van der Waals surface area contributed by atoms with E-state index in [1.807, 2.05) is 0 Å². The summed E-state index contributed by atoms with van der Waals surface area (Å²) in [5.41, 5.74) is -2.17. The lowest BCUT2D eigenvalue weighted by Gasteiger charge is -2.23. The average molecular weight is 569 g/mol. The third kappa shape index (κ3) is 4.87. The SMILES string of the molecule is O=C(NC1CC1)c1ccc2c(ccc(C(=O)NC(c3cc(Cl)c(F)c(Cl)c3F)C(F)(F)F)[n+]2[O-])c1Cl. The number of benzene rings is 2. The van der Waals surface area contributed by atoms with E-state index in [0.717, 1.165) is 18.9 Å². The molecule has 2 amide bonds. The third-order valence-electron chi connectivity index (χ3n) is 5.44. The number of alkyl halides is 3. The number of rotatable bonds is 5. The first-order chi connectivity index (χ1) is 16.8. The minimum absolute atomic E-state index is 0.0214. The normalized spacial score (nSPS) is 14.6. The van der Waals surface area contributed by atoms with Crippen molar-refractivity contribution < 1.29 is 36.3 Å². The molecule has 1 unspecified atom stereocenters. The molecule has 14 heteroatoms. The van der Waals surface area contributed by atoms with E-state index in [-0.39, 0.29) is 32.3 Å². The van der Waals surface area contributed by atoms with Crippen molar-refractivity contribution in [2.24, 2.45) is 0 Å². The van der Waals surface area contributed by atoms with Crippen LogP contribution in [0.5, 0.6) is 0 Å². The molecule has 0 saturated heterocycles. The number of carbonyl (C=O) groups is 2. The summed E-state index contributed by atoms with van der Waals surface area (Å²) in [6.45, 7) is 0. The molecule has 2 aromatic carbocycles. The minimum atomic E-state index is -5.28. The monoisotopic (exact) mass is 567 g/mol. The molecule has 1 aliphatic carbocycles. The van der Waals surface area contributed by atoms with E-state index >= 15 is 0 Å². The van der Waals surface area contributed by atoms with Crippen LogP contribution in [0.25, 0.3) is 10.9 Å². The Bertz CT molecular complexity index is 1410. The van der Waals surface area contributed by atoms with Crippen LogP contribution in [0.4, 0.5) is 22.0 Å². The summed E-state index contributed by atoms with van der Waals surface area (Å²) in [5.74, 6) is -5.24. The highest BCUT2D eigenvalue weighted by Crippen LogP contribution is 2.39. The number of aromatic nitrogens is 1. The van der Waals surface area contributed by atoms with Crippen molar-refractivity contribution in [2.75, 3.05) is 0 Å². The average Bonchev–Trinajstić information content (AvgIpc) is 3.62. The number of fused-ring (bicyclic) bond motifs is 1. The largest absolute Gasteiger partial charge is 0.618 e. The van der Waals surface area contributed by atoms with Gasteiger partial charge < -0.3 is 15.8 Å². The number of nitrogens with zero attached hydrogens (tertiary/aromatic N) is 1. The summed E-state index contributed by atoms with van der Waals surface area (Å²) in [7, 11) is 0. The lowest BCUT2D eigenvalue weighted by Crippen LogP contribution is -2.44. The van der Waals surface area contributed by atoms with Gasteiger partial charge in [0.25, 0.3) is 11.6 Å². The predicted octanol–water partition coefficient (Wildman–Crippen LogP) is 5.64. The molecule has 3 aromatic rings. The van der Waals surface area contributed by atoms with E-state index < -0.39 is 57.0 Å². The molecular formula is C22H13Cl3F5N3O3. The molecule has 0 aliphatic heterocycles. The van der Waals surface area contributed by atoms with Gasteiger partial charge in [-0.2, -0.15) is 17.9 Å². The van der Waals surface area contributed by atoms with Gasteiger partial charge in [0.2, 0.25) is 5.52 Å². The molecule has 1 aromatic heterocycles. The van der Waals surface area contributed by atoms with Gasteiger partial charge >= 0.3 is 12.1 Å². The van der Waals surface area contributed by atoms with E-state index in [1.165, 1.54) is 23.5 Å². The number of hydrogen-bond acceptors (Lipinski definition) is 3. The molecule has 1 saturated carbocycles. The zero-order valence-electron chi connectivity index (χ0n) is 17.7. The summed E-state index contributed by atoms with van der Waals surface area (Å²) >= 11 is 17.2. The van der Waals surface area contributed by atoms with Crippen molar-refractivity contribution in [2.45, 2.75) is 31.1 Å². The second kappa shape index (κ2) is 9.53. The number of pyridine rings is 1. The van der Waals surface area contributed by atoms with Crippen LogP contribution in [0.1, 0.15) is 45.3 Å². The first-order valence-electron chi connectivity index (χ1n) is 10.2. The fraction of sp³-hybridized carbons (Fsp3) is 0.227. The van der Waals surface area contributed by atoms with Gasteiger partial charge in [0.15, 0.2) is 11.9 Å². The maximum absolute atomic E-state index is 14.4. The summed E-state index contributed by atoms with van der Waals surface area (Å²) in [4.78, 5) is 25.0. The Balaban J connectivity index is 1.70. The van der Waals surface area contributed by atoms with Gasteiger partial charge in [-0.3, -0.25) is 9.59 Å². The fourth-order valence-corrected chi connectivity index (χ4v) is 4.23. The van der Waals surface area contributed by atoms with Crippen LogP contribution in [-0.2, 0) is 0 Å². The van der Waals surface area contributed by atoms with Gasteiger partial charge in [0.05, 0.1) is 21.0 Å². The van der Waals surface area contributed by atoms with E-state index in [9.17, 15) is 36.7 Å². The van der Waals surface area contributed by atoms with Crippen molar-refractivity contribution in [3.05, 3.63) is 79.1 Å². The fourth-order valence-electron chi connectivity index (χ4n) is 3.45. The third-order valence-corrected chi connectivity index (χ3v) is 6.45. The maximum atomic E-state index is 14.4. The molecule has 0 spiro atoms. The number of amides is 2. The molecule has 6 nitrogen and oxygen atoms in total. The Morgan fingerprint density at radius 1 is 1.00 bits per heavy atom. The molecule has 0 bridgehead atoms. The zero-order valence-corrected chi connectivity index (χ0v) is 19.9. The highest BCUT2D eigenvalue weighted by atomic mass is 35.5. The maximum Gasteiger partial charge on any atom is 0.412 e. The molecule has 1 aliphatic rings. The highest BCUT2D eigenvalue weighted by molar-refractivity contribution is 6.38. The second-order valence-corrected chi connectivity index (χ2v) is 9.12. The summed E-state index contributed by atoms with van der Waals surface area (Å²) in [6, 6.07) is 1.88. The van der Waals surface area contributed by atoms with E-state index in [0.29, 0.717) is 6.07 Å². The van der Waals surface area contributed by atoms with Crippen LogP contribution in [-0.4, -0.2) is 24.0 Å². The Hall–Kier alpha value is -2.89. The van der Waals surface area contributed by atoms with Crippen LogP contribution in [0.3, 0.4) is 0 Å². The molecule has 2 N–H and O–H groups in total. The van der Waals surface area contributed by atoms with Gasteiger partial charge in [-0.15, -0.1) is 0 Å². The molecule has 0 radical (unpaired) electrons. The zero-order chi connectivity index (χ0) is 26.5. The van der Waals surface area contributed by atoms with E-state index in [4.69, 9.17) is 34.8 Å². The van der Waals surface area contributed by atoms with Crippen LogP contribution in [0.15, 0.2) is 30.3 Å². The van der Waals surface area contributed by atoms with Crippen LogP contribution in [0.2, 0.25) is 15.1 Å². The van der Waals surface area contributed by atoms with E-state index in [2.05, 4.69) is 5.32 Å². The number of halogens is 8. The topological polar surface area (TPSA) is 85.1 Å². The summed E-state index contributed by atoms with van der Waals surface area (Å²) in [5, 5.41) is 14.9. The van der Waals surface area contributed by atoms with Crippen molar-refractivity contribution in [3.63, 3.8) is 0 Å². The van der Waals surface area contributed by atoms with Crippen molar-refractivity contribution in [3.8, 4) is 0 Å². The van der Waals surface area contributed by atoms with Crippen molar-refractivity contribution in [1.82, 2.24) is 10.6 Å². The van der Waals surface area contributed by atoms with Crippen molar-refractivity contribution >= 4 is 57.5 Å². The van der Waals surface area contributed by atoms with Crippen LogP contribution >= 0.6 is 34.8 Å². The molecule has 36 heavy (non-hydrogen) atoms. The number of nitrogens with one attached hydrogen (secondary N) is 2. The Labute approximate surface area is 214 Å². The van der Waals surface area contributed by atoms with Gasteiger partial charge in [-0.25, -0.2) is 8.78 Å². The standard InChI is InChI=1S/C22H13Cl3F5N3O3/c23-12-7-11(17(26)16(25)18(12)27)19(22(28,29)30)32-21(35)14-6-3-9-13(33(14)36)5-4-10(15(9)24)20(34)31-8-1-2-8/h3-8,19H,1-2H2,(H,31,34)(H,32,35). The lowest BCUT2D eigenvalue weighted by atomic mass is 10.0. The molecule has 190 valence electrons. The quantitative estimate of drug-likeness (QED) is 0.137. The number of carbonyl (C=O) groups excluding carboxylic acids is 2. The molecule has 1 atom stereocenters.